The van der Waals surface area contributed by atoms with E-state index in [9.17, 15) is 0 Å². The average Bonchev–Trinajstić information content (AvgIpc) is 3.14. The molecule has 0 saturated heterocycles. The molecule has 1 aromatic heterocycles. The lowest BCUT2D eigenvalue weighted by Gasteiger charge is -2.03. The van der Waals surface area contributed by atoms with E-state index in [0.29, 0.717) is 17.7 Å². The first-order valence-electron chi connectivity index (χ1n) is 9.23. The standard InChI is InChI=1S/C19H29N5O2.HI/c1-3-4-13-21-19(20)22-14-7-5-6-8-17-23-18(24-26-17)15-9-11-16(25-2)12-10-15;/h9-12H,3-8,13-14H2,1-2H3,(H3,20,21,22);1H. The number of unbranched alkanes of at least 4 members (excludes halogenated alkanes) is 3. The Bertz CT molecular complexity index is 673. The van der Waals surface area contributed by atoms with Gasteiger partial charge in [0.2, 0.25) is 11.7 Å². The summed E-state index contributed by atoms with van der Waals surface area (Å²) >= 11 is 0. The first-order valence-corrected chi connectivity index (χ1v) is 9.23. The quantitative estimate of drug-likeness (QED) is 0.217. The van der Waals surface area contributed by atoms with E-state index in [1.807, 2.05) is 24.3 Å². The maximum absolute atomic E-state index is 5.79. The van der Waals surface area contributed by atoms with Gasteiger partial charge in [0.25, 0.3) is 0 Å². The SMILES string of the molecule is CCCCNC(N)=NCCCCCc1nc(-c2ccc(OC)cc2)no1.I. The van der Waals surface area contributed by atoms with Gasteiger partial charge in [-0.2, -0.15) is 4.98 Å². The van der Waals surface area contributed by atoms with Gasteiger partial charge in [-0.15, -0.1) is 24.0 Å². The summed E-state index contributed by atoms with van der Waals surface area (Å²) in [6, 6.07) is 7.61. The average molecular weight is 487 g/mol. The number of aromatic nitrogens is 2. The van der Waals surface area contributed by atoms with E-state index in [2.05, 4.69) is 27.4 Å². The molecule has 0 radical (unpaired) electrons. The van der Waals surface area contributed by atoms with Gasteiger partial charge < -0.3 is 20.3 Å². The van der Waals surface area contributed by atoms with Crippen molar-refractivity contribution in [2.75, 3.05) is 20.2 Å². The molecule has 0 aliphatic carbocycles. The van der Waals surface area contributed by atoms with Crippen molar-refractivity contribution in [3.05, 3.63) is 30.2 Å². The van der Waals surface area contributed by atoms with E-state index in [1.165, 1.54) is 0 Å². The zero-order valence-corrected chi connectivity index (χ0v) is 18.4. The van der Waals surface area contributed by atoms with Crippen LogP contribution >= 0.6 is 24.0 Å². The Morgan fingerprint density at radius 2 is 1.96 bits per heavy atom. The lowest BCUT2D eigenvalue weighted by atomic mass is 10.2. The third-order valence-corrected chi connectivity index (χ3v) is 3.98. The van der Waals surface area contributed by atoms with E-state index in [1.54, 1.807) is 7.11 Å². The number of hydrogen-bond donors (Lipinski definition) is 2. The van der Waals surface area contributed by atoms with Crippen molar-refractivity contribution in [3.8, 4) is 17.1 Å². The van der Waals surface area contributed by atoms with E-state index in [0.717, 1.165) is 62.9 Å². The smallest absolute Gasteiger partial charge is 0.226 e. The number of nitrogens with one attached hydrogen (secondary N) is 1. The normalized spacial score (nSPS) is 11.1. The molecule has 2 aromatic rings. The van der Waals surface area contributed by atoms with E-state index >= 15 is 0 Å². The Hall–Kier alpha value is -1.84. The van der Waals surface area contributed by atoms with E-state index < -0.39 is 0 Å². The Morgan fingerprint density at radius 1 is 1.19 bits per heavy atom. The molecule has 27 heavy (non-hydrogen) atoms. The monoisotopic (exact) mass is 487 g/mol. The molecule has 0 atom stereocenters. The van der Waals surface area contributed by atoms with Crippen LogP contribution in [-0.2, 0) is 6.42 Å². The van der Waals surface area contributed by atoms with Gasteiger partial charge in [-0.05, 0) is 43.5 Å². The third-order valence-electron chi connectivity index (χ3n) is 3.98. The van der Waals surface area contributed by atoms with Crippen LogP contribution in [0.5, 0.6) is 5.75 Å². The largest absolute Gasteiger partial charge is 0.497 e. The molecule has 0 aliphatic rings. The molecule has 0 unspecified atom stereocenters. The summed E-state index contributed by atoms with van der Waals surface area (Å²) in [6.07, 6.45) is 6.07. The molecular weight excluding hydrogens is 457 g/mol. The first-order chi connectivity index (χ1) is 12.7. The molecule has 1 aromatic carbocycles. The van der Waals surface area contributed by atoms with Crippen molar-refractivity contribution >= 4 is 29.9 Å². The van der Waals surface area contributed by atoms with Crippen LogP contribution in [0.1, 0.15) is 44.9 Å². The molecule has 0 spiro atoms. The number of halogens is 1. The zero-order valence-electron chi connectivity index (χ0n) is 16.1. The minimum Gasteiger partial charge on any atom is -0.497 e. The maximum Gasteiger partial charge on any atom is 0.226 e. The minimum atomic E-state index is 0. The van der Waals surface area contributed by atoms with Crippen LogP contribution in [0.3, 0.4) is 0 Å². The molecule has 2 rings (SSSR count). The molecular formula is C19H30IN5O2. The lowest BCUT2D eigenvalue weighted by Crippen LogP contribution is -2.32. The van der Waals surface area contributed by atoms with Gasteiger partial charge >= 0.3 is 0 Å². The maximum atomic E-state index is 5.79. The van der Waals surface area contributed by atoms with Crippen molar-refractivity contribution in [1.29, 1.82) is 0 Å². The molecule has 0 bridgehead atoms. The summed E-state index contributed by atoms with van der Waals surface area (Å²) in [4.78, 5) is 8.77. The van der Waals surface area contributed by atoms with Crippen LogP contribution in [0, 0.1) is 0 Å². The number of nitrogens with two attached hydrogens (primary N) is 1. The molecule has 8 heteroatoms. The number of guanidine groups is 1. The summed E-state index contributed by atoms with van der Waals surface area (Å²) in [5.74, 6) is 2.62. The van der Waals surface area contributed by atoms with Crippen LogP contribution in [0.25, 0.3) is 11.4 Å². The number of ether oxygens (including phenoxy) is 1. The van der Waals surface area contributed by atoms with Crippen molar-refractivity contribution in [3.63, 3.8) is 0 Å². The number of methoxy groups -OCH3 is 1. The molecule has 0 saturated carbocycles. The van der Waals surface area contributed by atoms with Gasteiger partial charge in [0.15, 0.2) is 5.96 Å². The Balaban J connectivity index is 0.00000364. The summed E-state index contributed by atoms with van der Waals surface area (Å²) in [5.41, 5.74) is 6.71. The fraction of sp³-hybridized carbons (Fsp3) is 0.526. The second-order valence-electron chi connectivity index (χ2n) is 6.10. The molecule has 0 fully saturated rings. The van der Waals surface area contributed by atoms with Gasteiger partial charge in [0.1, 0.15) is 5.75 Å². The van der Waals surface area contributed by atoms with Gasteiger partial charge in [0.05, 0.1) is 7.11 Å². The third kappa shape index (κ3) is 8.59. The van der Waals surface area contributed by atoms with Crippen LogP contribution in [-0.4, -0.2) is 36.3 Å². The van der Waals surface area contributed by atoms with Crippen molar-refractivity contribution in [1.82, 2.24) is 15.5 Å². The molecule has 150 valence electrons. The Morgan fingerprint density at radius 3 is 2.67 bits per heavy atom. The summed E-state index contributed by atoms with van der Waals surface area (Å²) in [6.45, 7) is 3.78. The van der Waals surface area contributed by atoms with Crippen LogP contribution in [0.2, 0.25) is 0 Å². The zero-order chi connectivity index (χ0) is 18.6. The second-order valence-corrected chi connectivity index (χ2v) is 6.10. The molecule has 7 nitrogen and oxygen atoms in total. The number of rotatable bonds is 11. The Labute approximate surface area is 178 Å². The highest BCUT2D eigenvalue weighted by atomic mass is 127. The number of aryl methyl sites for hydroxylation is 1. The van der Waals surface area contributed by atoms with Crippen LogP contribution in [0.15, 0.2) is 33.8 Å². The number of hydrogen-bond acceptors (Lipinski definition) is 5. The summed E-state index contributed by atoms with van der Waals surface area (Å²) < 4.78 is 10.5. The van der Waals surface area contributed by atoms with Crippen LogP contribution < -0.4 is 15.8 Å². The number of benzene rings is 1. The number of aliphatic imine (C=N–C) groups is 1. The van der Waals surface area contributed by atoms with Crippen molar-refractivity contribution in [2.45, 2.75) is 45.4 Å². The van der Waals surface area contributed by atoms with Gasteiger partial charge in [-0.25, -0.2) is 0 Å². The highest BCUT2D eigenvalue weighted by molar-refractivity contribution is 14.0. The molecule has 0 aliphatic heterocycles. The predicted octanol–water partition coefficient (Wildman–Crippen LogP) is 3.78. The lowest BCUT2D eigenvalue weighted by molar-refractivity contribution is 0.374. The molecule has 0 amide bonds. The highest BCUT2D eigenvalue weighted by Gasteiger charge is 2.08. The van der Waals surface area contributed by atoms with E-state index in [4.69, 9.17) is 15.0 Å². The van der Waals surface area contributed by atoms with Crippen molar-refractivity contribution in [2.24, 2.45) is 10.7 Å². The summed E-state index contributed by atoms with van der Waals surface area (Å²) in [5, 5.41) is 7.15. The molecule has 1 heterocycles. The van der Waals surface area contributed by atoms with Crippen LogP contribution in [0.4, 0.5) is 0 Å². The fourth-order valence-electron chi connectivity index (χ4n) is 2.43. The highest BCUT2D eigenvalue weighted by Crippen LogP contribution is 2.20. The minimum absolute atomic E-state index is 0. The fourth-order valence-corrected chi connectivity index (χ4v) is 2.43. The topological polar surface area (TPSA) is 98.6 Å². The van der Waals surface area contributed by atoms with E-state index in [-0.39, 0.29) is 24.0 Å². The van der Waals surface area contributed by atoms with Gasteiger partial charge in [-0.1, -0.05) is 24.9 Å². The van der Waals surface area contributed by atoms with Gasteiger partial charge in [-0.3, -0.25) is 4.99 Å². The van der Waals surface area contributed by atoms with Crippen molar-refractivity contribution < 1.29 is 9.26 Å². The second kappa shape index (κ2) is 13.3. The predicted molar refractivity (Wildman–Crippen MR) is 119 cm³/mol. The first kappa shape index (κ1) is 23.2. The van der Waals surface area contributed by atoms with Gasteiger partial charge in [0, 0.05) is 25.1 Å². The Kier molecular flexibility index (Phi) is 11.5. The molecule has 3 N–H and O–H groups in total. The number of nitrogens with zero attached hydrogens (tertiary/aromatic N) is 3. The summed E-state index contributed by atoms with van der Waals surface area (Å²) in [7, 11) is 1.64.